The minimum atomic E-state index is -0.142. The summed E-state index contributed by atoms with van der Waals surface area (Å²) >= 11 is 1.78. The molecular weight excluding hydrogens is 311 g/mol. The molecule has 3 rings (SSSR count). The highest BCUT2D eigenvalue weighted by Gasteiger charge is 2.27. The minimum absolute atomic E-state index is 0.142. The van der Waals surface area contributed by atoms with Crippen LogP contribution in [0.2, 0.25) is 0 Å². The Bertz CT molecular complexity index is 605. The Morgan fingerprint density at radius 1 is 1.13 bits per heavy atom. The molecule has 1 aliphatic heterocycles. The fraction of sp³-hybridized carbons (Fsp3) is 0.444. The molecule has 124 valence electrons. The van der Waals surface area contributed by atoms with Gasteiger partial charge in [0.15, 0.2) is 0 Å². The average Bonchev–Trinajstić information content (AvgIpc) is 3.05. The highest BCUT2D eigenvalue weighted by molar-refractivity contribution is 7.09. The molecule has 0 amide bonds. The molecule has 23 heavy (non-hydrogen) atoms. The Hall–Kier alpha value is -1.27. The summed E-state index contributed by atoms with van der Waals surface area (Å²) < 4.78 is 13.9. The standard InChI is InChI=1S/C18H23FN2OS/c19-18-6-2-1-4-15(18)12-21-9-8-20(13-16(21)7-10-22)14-17-5-3-11-23-17/h1-6,11,16,22H,7-10,12-14H2/t16-/m1/s1. The summed E-state index contributed by atoms with van der Waals surface area (Å²) in [6, 6.07) is 11.5. The van der Waals surface area contributed by atoms with E-state index in [4.69, 9.17) is 0 Å². The minimum Gasteiger partial charge on any atom is -0.396 e. The van der Waals surface area contributed by atoms with Crippen LogP contribution >= 0.6 is 11.3 Å². The van der Waals surface area contributed by atoms with Gasteiger partial charge in [0.05, 0.1) is 0 Å². The molecule has 1 aromatic carbocycles. The molecule has 1 saturated heterocycles. The third kappa shape index (κ3) is 4.38. The van der Waals surface area contributed by atoms with Crippen molar-refractivity contribution >= 4 is 11.3 Å². The van der Waals surface area contributed by atoms with Crippen LogP contribution in [0.25, 0.3) is 0 Å². The van der Waals surface area contributed by atoms with Gasteiger partial charge in [-0.05, 0) is 23.9 Å². The van der Waals surface area contributed by atoms with E-state index in [1.165, 1.54) is 10.9 Å². The van der Waals surface area contributed by atoms with E-state index in [0.29, 0.717) is 6.54 Å². The Kier molecular flexibility index (Phi) is 5.78. The molecule has 1 aliphatic rings. The zero-order valence-electron chi connectivity index (χ0n) is 13.2. The van der Waals surface area contributed by atoms with Crippen molar-refractivity contribution in [3.05, 3.63) is 58.0 Å². The quantitative estimate of drug-likeness (QED) is 0.880. The van der Waals surface area contributed by atoms with Crippen molar-refractivity contribution in [1.29, 1.82) is 0 Å². The van der Waals surface area contributed by atoms with Crippen LogP contribution in [0.1, 0.15) is 16.9 Å². The Balaban J connectivity index is 1.64. The lowest BCUT2D eigenvalue weighted by Crippen LogP contribution is -2.52. The van der Waals surface area contributed by atoms with Gasteiger partial charge in [-0.3, -0.25) is 9.80 Å². The van der Waals surface area contributed by atoms with E-state index in [2.05, 4.69) is 27.3 Å². The second-order valence-electron chi connectivity index (χ2n) is 6.04. The van der Waals surface area contributed by atoms with Gasteiger partial charge in [0, 0.05) is 55.8 Å². The molecule has 0 bridgehead atoms. The summed E-state index contributed by atoms with van der Waals surface area (Å²) in [6.45, 7) is 4.56. The van der Waals surface area contributed by atoms with Crippen LogP contribution in [0.4, 0.5) is 4.39 Å². The summed E-state index contributed by atoms with van der Waals surface area (Å²) in [5.74, 6) is -0.142. The first kappa shape index (κ1) is 16.6. The monoisotopic (exact) mass is 334 g/mol. The summed E-state index contributed by atoms with van der Waals surface area (Å²) in [6.07, 6.45) is 0.732. The van der Waals surface area contributed by atoms with E-state index in [0.717, 1.165) is 38.2 Å². The second-order valence-corrected chi connectivity index (χ2v) is 7.07. The molecule has 0 aliphatic carbocycles. The van der Waals surface area contributed by atoms with Gasteiger partial charge < -0.3 is 5.11 Å². The van der Waals surface area contributed by atoms with Crippen LogP contribution in [-0.4, -0.2) is 47.2 Å². The number of piperazine rings is 1. The third-order valence-corrected chi connectivity index (χ3v) is 5.30. The number of aliphatic hydroxyl groups is 1. The molecule has 0 saturated carbocycles. The molecule has 1 fully saturated rings. The van der Waals surface area contributed by atoms with E-state index in [1.807, 2.05) is 12.1 Å². The van der Waals surface area contributed by atoms with E-state index in [9.17, 15) is 9.50 Å². The first-order chi connectivity index (χ1) is 11.3. The maximum absolute atomic E-state index is 13.9. The molecule has 0 radical (unpaired) electrons. The van der Waals surface area contributed by atoms with Crippen molar-refractivity contribution in [2.75, 3.05) is 26.2 Å². The topological polar surface area (TPSA) is 26.7 Å². The Labute approximate surface area is 141 Å². The normalized spacial score (nSPS) is 20.0. The van der Waals surface area contributed by atoms with Gasteiger partial charge >= 0.3 is 0 Å². The molecular formula is C18H23FN2OS. The number of rotatable bonds is 6. The van der Waals surface area contributed by atoms with Crippen LogP contribution in [0.3, 0.4) is 0 Å². The third-order valence-electron chi connectivity index (χ3n) is 4.44. The van der Waals surface area contributed by atoms with Crippen LogP contribution in [0.5, 0.6) is 0 Å². The van der Waals surface area contributed by atoms with Gasteiger partial charge in [-0.25, -0.2) is 4.39 Å². The molecule has 0 unspecified atom stereocenters. The van der Waals surface area contributed by atoms with Gasteiger partial charge in [-0.2, -0.15) is 0 Å². The lowest BCUT2D eigenvalue weighted by Gasteiger charge is -2.41. The lowest BCUT2D eigenvalue weighted by molar-refractivity contribution is 0.0498. The molecule has 5 heteroatoms. The number of thiophene rings is 1. The lowest BCUT2D eigenvalue weighted by atomic mass is 10.1. The number of halogens is 1. The molecule has 3 nitrogen and oxygen atoms in total. The smallest absolute Gasteiger partial charge is 0.127 e. The van der Waals surface area contributed by atoms with Crippen molar-refractivity contribution in [3.8, 4) is 0 Å². The van der Waals surface area contributed by atoms with Crippen molar-refractivity contribution < 1.29 is 9.50 Å². The van der Waals surface area contributed by atoms with Gasteiger partial charge in [0.2, 0.25) is 0 Å². The Morgan fingerprint density at radius 3 is 2.74 bits per heavy atom. The van der Waals surface area contributed by atoms with E-state index in [-0.39, 0.29) is 18.5 Å². The summed E-state index contributed by atoms with van der Waals surface area (Å²) in [4.78, 5) is 6.11. The van der Waals surface area contributed by atoms with Gasteiger partial charge in [-0.1, -0.05) is 24.3 Å². The van der Waals surface area contributed by atoms with Crippen molar-refractivity contribution in [3.63, 3.8) is 0 Å². The zero-order chi connectivity index (χ0) is 16.1. The van der Waals surface area contributed by atoms with Crippen molar-refractivity contribution in [1.82, 2.24) is 9.80 Å². The zero-order valence-corrected chi connectivity index (χ0v) is 14.0. The van der Waals surface area contributed by atoms with Crippen LogP contribution in [-0.2, 0) is 13.1 Å². The Morgan fingerprint density at radius 2 is 2.00 bits per heavy atom. The van der Waals surface area contributed by atoms with Crippen LogP contribution in [0.15, 0.2) is 41.8 Å². The maximum atomic E-state index is 13.9. The highest BCUT2D eigenvalue weighted by atomic mass is 32.1. The number of aliphatic hydroxyl groups excluding tert-OH is 1. The van der Waals surface area contributed by atoms with Crippen molar-refractivity contribution in [2.45, 2.75) is 25.6 Å². The summed E-state index contributed by atoms with van der Waals surface area (Å²) in [7, 11) is 0. The first-order valence-electron chi connectivity index (χ1n) is 8.09. The first-order valence-corrected chi connectivity index (χ1v) is 8.97. The highest BCUT2D eigenvalue weighted by Crippen LogP contribution is 2.20. The van der Waals surface area contributed by atoms with E-state index in [1.54, 1.807) is 17.4 Å². The van der Waals surface area contributed by atoms with Crippen LogP contribution in [0, 0.1) is 5.82 Å². The summed E-state index contributed by atoms with van der Waals surface area (Å²) in [5.41, 5.74) is 0.738. The van der Waals surface area contributed by atoms with Crippen LogP contribution < -0.4 is 0 Å². The number of nitrogens with zero attached hydrogens (tertiary/aromatic N) is 2. The molecule has 1 aromatic heterocycles. The predicted octanol–water partition coefficient (Wildman–Crippen LogP) is 2.96. The van der Waals surface area contributed by atoms with Gasteiger partial charge in [0.25, 0.3) is 0 Å². The number of hydrogen-bond donors (Lipinski definition) is 1. The van der Waals surface area contributed by atoms with Crippen molar-refractivity contribution in [2.24, 2.45) is 0 Å². The van der Waals surface area contributed by atoms with E-state index < -0.39 is 0 Å². The molecule has 1 atom stereocenters. The molecule has 1 N–H and O–H groups in total. The molecule has 2 aromatic rings. The molecule has 2 heterocycles. The SMILES string of the molecule is OCC[C@@H]1CN(Cc2cccs2)CCN1Cc1ccccc1F. The number of benzene rings is 1. The van der Waals surface area contributed by atoms with Gasteiger partial charge in [-0.15, -0.1) is 11.3 Å². The van der Waals surface area contributed by atoms with E-state index >= 15 is 0 Å². The maximum Gasteiger partial charge on any atom is 0.127 e. The molecule has 0 spiro atoms. The number of hydrogen-bond acceptors (Lipinski definition) is 4. The fourth-order valence-electron chi connectivity index (χ4n) is 3.20. The fourth-order valence-corrected chi connectivity index (χ4v) is 3.95. The summed E-state index contributed by atoms with van der Waals surface area (Å²) in [5, 5.41) is 11.5. The largest absolute Gasteiger partial charge is 0.396 e. The average molecular weight is 334 g/mol. The predicted molar refractivity (Wildman–Crippen MR) is 91.9 cm³/mol. The van der Waals surface area contributed by atoms with Gasteiger partial charge in [0.1, 0.15) is 5.82 Å². The second kappa shape index (κ2) is 8.02.